The van der Waals surface area contributed by atoms with Gasteiger partial charge in [0.1, 0.15) is 6.00 Å². The molecule has 2 aromatic rings. The third kappa shape index (κ3) is 5.45. The highest BCUT2D eigenvalue weighted by molar-refractivity contribution is 6.21. The summed E-state index contributed by atoms with van der Waals surface area (Å²) in [5, 5.41) is 0. The highest BCUT2D eigenvalue weighted by Gasteiger charge is 2.07. The minimum atomic E-state index is -0.0452. The van der Waals surface area contributed by atoms with Crippen LogP contribution < -0.4 is 4.90 Å². The zero-order valence-corrected chi connectivity index (χ0v) is 12.7. The Morgan fingerprint density at radius 2 is 1.50 bits per heavy atom. The van der Waals surface area contributed by atoms with E-state index in [0.29, 0.717) is 0 Å². The molecule has 0 radical (unpaired) electrons. The first-order valence-corrected chi connectivity index (χ1v) is 7.15. The van der Waals surface area contributed by atoms with Gasteiger partial charge in [-0.25, -0.2) is 0 Å². The molecule has 0 N–H and O–H groups in total. The van der Waals surface area contributed by atoms with Crippen LogP contribution in [0.1, 0.15) is 19.4 Å². The van der Waals surface area contributed by atoms with Gasteiger partial charge in [-0.2, -0.15) is 0 Å². The summed E-state index contributed by atoms with van der Waals surface area (Å²) < 4.78 is 0. The van der Waals surface area contributed by atoms with Crippen LogP contribution in [0.4, 0.5) is 5.69 Å². The van der Waals surface area contributed by atoms with Gasteiger partial charge in [0.25, 0.3) is 0 Å². The fraction of sp³-hybridized carbons (Fsp3) is 0.235. The zero-order valence-electron chi connectivity index (χ0n) is 11.9. The van der Waals surface area contributed by atoms with Crippen molar-refractivity contribution in [2.45, 2.75) is 20.3 Å². The van der Waals surface area contributed by atoms with Crippen molar-refractivity contribution in [3.05, 3.63) is 66.2 Å². The first-order chi connectivity index (χ1) is 9.69. The summed E-state index contributed by atoms with van der Waals surface area (Å²) in [6.45, 7) is 3.66. The van der Waals surface area contributed by atoms with Gasteiger partial charge >= 0.3 is 0 Å². The summed E-state index contributed by atoms with van der Waals surface area (Å²) in [7, 11) is 0. The van der Waals surface area contributed by atoms with Gasteiger partial charge in [0, 0.05) is 12.6 Å². The van der Waals surface area contributed by atoms with Crippen LogP contribution in [0.25, 0.3) is 0 Å². The number of amides is 1. The van der Waals surface area contributed by atoms with Crippen LogP contribution in [0.3, 0.4) is 0 Å². The summed E-state index contributed by atoms with van der Waals surface area (Å²) in [6.07, 6.45) is 1.14. The van der Waals surface area contributed by atoms with Crippen molar-refractivity contribution in [1.29, 1.82) is 0 Å². The topological polar surface area (TPSA) is 20.3 Å². The van der Waals surface area contributed by atoms with Crippen LogP contribution in [0.5, 0.6) is 0 Å². The number of hydrogen-bond donors (Lipinski definition) is 0. The fourth-order valence-electron chi connectivity index (χ4n) is 1.66. The lowest BCUT2D eigenvalue weighted by molar-refractivity contribution is -0.116. The smallest absolute Gasteiger partial charge is 0.224 e. The number of carbonyl (C=O) groups excluding carboxylic acids is 1. The first kappa shape index (κ1) is 16.3. The number of aryl methyl sites for hydroxylation is 1. The maximum absolute atomic E-state index is 11.0. The number of rotatable bonds is 3. The zero-order chi connectivity index (χ0) is 14.8. The SMILES string of the molecule is CC(=O)N(CCl)c1ccccc1.CCc1ccccc1. The Bertz CT molecular complexity index is 499. The van der Waals surface area contributed by atoms with E-state index in [1.165, 1.54) is 17.4 Å². The van der Waals surface area contributed by atoms with Gasteiger partial charge in [-0.05, 0) is 24.1 Å². The maximum atomic E-state index is 11.0. The van der Waals surface area contributed by atoms with Crippen molar-refractivity contribution in [3.8, 4) is 0 Å². The average Bonchev–Trinajstić information content (AvgIpc) is 2.50. The molecule has 2 nitrogen and oxygen atoms in total. The highest BCUT2D eigenvalue weighted by atomic mass is 35.5. The summed E-state index contributed by atoms with van der Waals surface area (Å²) in [5.41, 5.74) is 2.24. The van der Waals surface area contributed by atoms with Gasteiger partial charge in [-0.3, -0.25) is 9.69 Å². The highest BCUT2D eigenvalue weighted by Crippen LogP contribution is 2.13. The maximum Gasteiger partial charge on any atom is 0.224 e. The Balaban J connectivity index is 0.000000217. The standard InChI is InChI=1S/C9H10ClNO.C8H10/c1-8(12)11(7-10)9-5-3-2-4-6-9;1-2-8-6-4-3-5-7-8/h2-6H,7H2,1H3;3-7H,2H2,1H3. The third-order valence-corrected chi connectivity index (χ3v) is 3.06. The van der Waals surface area contributed by atoms with E-state index in [2.05, 4.69) is 31.2 Å². The molecule has 106 valence electrons. The second kappa shape index (κ2) is 9.16. The van der Waals surface area contributed by atoms with Gasteiger partial charge in [-0.15, -0.1) is 11.6 Å². The Morgan fingerprint density at radius 3 is 1.85 bits per heavy atom. The quantitative estimate of drug-likeness (QED) is 0.602. The van der Waals surface area contributed by atoms with Crippen LogP contribution in [0, 0.1) is 0 Å². The lowest BCUT2D eigenvalue weighted by Gasteiger charge is -2.16. The average molecular weight is 290 g/mol. The van der Waals surface area contributed by atoms with E-state index < -0.39 is 0 Å². The molecule has 0 atom stereocenters. The van der Waals surface area contributed by atoms with Crippen molar-refractivity contribution in [3.63, 3.8) is 0 Å². The predicted octanol–water partition coefficient (Wildman–Crippen LogP) is 4.48. The molecule has 0 saturated carbocycles. The van der Waals surface area contributed by atoms with Crippen molar-refractivity contribution in [2.24, 2.45) is 0 Å². The molecular weight excluding hydrogens is 270 g/mol. The number of carbonyl (C=O) groups is 1. The first-order valence-electron chi connectivity index (χ1n) is 6.62. The van der Waals surface area contributed by atoms with Gasteiger partial charge in [0.05, 0.1) is 0 Å². The van der Waals surface area contributed by atoms with Crippen molar-refractivity contribution < 1.29 is 4.79 Å². The number of anilines is 1. The van der Waals surface area contributed by atoms with Crippen LogP contribution in [-0.4, -0.2) is 11.9 Å². The fourth-order valence-corrected chi connectivity index (χ4v) is 1.96. The minimum absolute atomic E-state index is 0.0452. The Labute approximate surface area is 126 Å². The van der Waals surface area contributed by atoms with Crippen LogP contribution in [-0.2, 0) is 11.2 Å². The number of para-hydroxylation sites is 1. The van der Waals surface area contributed by atoms with Crippen LogP contribution in [0.2, 0.25) is 0 Å². The lowest BCUT2D eigenvalue weighted by Crippen LogP contribution is -2.26. The van der Waals surface area contributed by atoms with Gasteiger partial charge in [0.15, 0.2) is 0 Å². The number of halogens is 1. The molecule has 0 aliphatic heterocycles. The van der Waals surface area contributed by atoms with Crippen LogP contribution >= 0.6 is 11.6 Å². The van der Waals surface area contributed by atoms with Gasteiger partial charge < -0.3 is 0 Å². The van der Waals surface area contributed by atoms with Crippen LogP contribution in [0.15, 0.2) is 60.7 Å². The largest absolute Gasteiger partial charge is 0.298 e. The van der Waals surface area contributed by atoms with E-state index in [1.807, 2.05) is 36.4 Å². The van der Waals surface area contributed by atoms with Crippen molar-refractivity contribution in [2.75, 3.05) is 10.9 Å². The molecule has 1 amide bonds. The molecule has 0 bridgehead atoms. The Kier molecular flexibility index (Phi) is 7.44. The normalized spacial score (nSPS) is 9.35. The van der Waals surface area contributed by atoms with Gasteiger partial charge in [0.2, 0.25) is 5.91 Å². The van der Waals surface area contributed by atoms with E-state index in [1.54, 1.807) is 0 Å². The molecule has 2 rings (SSSR count). The molecule has 0 saturated heterocycles. The molecule has 0 aromatic heterocycles. The summed E-state index contributed by atoms with van der Waals surface area (Å²) in [5.74, 6) is -0.0452. The molecule has 0 unspecified atom stereocenters. The molecule has 20 heavy (non-hydrogen) atoms. The van der Waals surface area contributed by atoms with E-state index in [0.717, 1.165) is 12.1 Å². The molecule has 0 heterocycles. The summed E-state index contributed by atoms with van der Waals surface area (Å²) in [6, 6.07) is 20.0. The Hall–Kier alpha value is -1.80. The molecular formula is C17H20ClNO. The van der Waals surface area contributed by atoms with E-state index in [9.17, 15) is 4.79 Å². The molecule has 0 fully saturated rings. The van der Waals surface area contributed by atoms with E-state index in [4.69, 9.17) is 11.6 Å². The second-order valence-corrected chi connectivity index (χ2v) is 4.48. The molecule has 2 aromatic carbocycles. The van der Waals surface area contributed by atoms with E-state index in [-0.39, 0.29) is 11.9 Å². The third-order valence-electron chi connectivity index (χ3n) is 2.82. The molecule has 0 aliphatic rings. The minimum Gasteiger partial charge on any atom is -0.298 e. The number of hydrogen-bond acceptors (Lipinski definition) is 1. The molecule has 3 heteroatoms. The Morgan fingerprint density at radius 1 is 1.00 bits per heavy atom. The predicted molar refractivity (Wildman–Crippen MR) is 86.1 cm³/mol. The van der Waals surface area contributed by atoms with E-state index >= 15 is 0 Å². The number of nitrogens with zero attached hydrogens (tertiary/aromatic N) is 1. The number of benzene rings is 2. The van der Waals surface area contributed by atoms with Gasteiger partial charge in [-0.1, -0.05) is 55.5 Å². The van der Waals surface area contributed by atoms with Crippen molar-refractivity contribution >= 4 is 23.2 Å². The second-order valence-electron chi connectivity index (χ2n) is 4.24. The molecule has 0 spiro atoms. The summed E-state index contributed by atoms with van der Waals surface area (Å²) in [4.78, 5) is 12.5. The monoisotopic (exact) mass is 289 g/mol. The summed E-state index contributed by atoms with van der Waals surface area (Å²) >= 11 is 5.60. The molecule has 0 aliphatic carbocycles. The van der Waals surface area contributed by atoms with Crippen molar-refractivity contribution in [1.82, 2.24) is 0 Å². The number of alkyl halides is 1. The lowest BCUT2D eigenvalue weighted by atomic mass is 10.2.